The van der Waals surface area contributed by atoms with E-state index in [-0.39, 0.29) is 17.3 Å². The number of rotatable bonds is 3. The fourth-order valence-electron chi connectivity index (χ4n) is 1.97. The second kappa shape index (κ2) is 5.27. The first-order valence-corrected chi connectivity index (χ1v) is 6.19. The maximum atomic E-state index is 13.3. The number of hydrogen-bond acceptors (Lipinski definition) is 1. The Labute approximate surface area is 115 Å². The van der Waals surface area contributed by atoms with E-state index in [0.717, 1.165) is 0 Å². The van der Waals surface area contributed by atoms with Gasteiger partial charge in [-0.2, -0.15) is 0 Å². The monoisotopic (exact) mass is 282 g/mol. The summed E-state index contributed by atoms with van der Waals surface area (Å²) in [7, 11) is 0. The molecule has 0 heterocycles. The minimum atomic E-state index is -1.24. The smallest absolute Gasteiger partial charge is 0.142 e. The summed E-state index contributed by atoms with van der Waals surface area (Å²) in [5.74, 6) is -0.891. The van der Waals surface area contributed by atoms with E-state index in [1.165, 1.54) is 36.4 Å². The van der Waals surface area contributed by atoms with Gasteiger partial charge in [0.05, 0.1) is 10.6 Å². The normalized spacial score (nSPS) is 14.2. The van der Waals surface area contributed by atoms with Crippen molar-refractivity contribution in [2.45, 2.75) is 18.9 Å². The van der Waals surface area contributed by atoms with Crippen molar-refractivity contribution in [2.75, 3.05) is 0 Å². The highest BCUT2D eigenvalue weighted by Crippen LogP contribution is 2.29. The van der Waals surface area contributed by atoms with E-state index < -0.39 is 11.4 Å². The molecule has 2 aromatic carbocycles. The molecule has 0 bridgehead atoms. The van der Waals surface area contributed by atoms with Crippen LogP contribution in [-0.4, -0.2) is 5.11 Å². The molecule has 0 radical (unpaired) electrons. The van der Waals surface area contributed by atoms with E-state index in [1.807, 2.05) is 0 Å². The van der Waals surface area contributed by atoms with Crippen molar-refractivity contribution < 1.29 is 13.9 Å². The van der Waals surface area contributed by atoms with Crippen molar-refractivity contribution in [2.24, 2.45) is 0 Å². The lowest BCUT2D eigenvalue weighted by Crippen LogP contribution is -2.24. The summed E-state index contributed by atoms with van der Waals surface area (Å²) in [5.41, 5.74) is -0.185. The molecule has 0 amide bonds. The molecule has 1 N–H and O–H groups in total. The predicted molar refractivity (Wildman–Crippen MR) is 71.1 cm³/mol. The van der Waals surface area contributed by atoms with E-state index in [0.29, 0.717) is 11.1 Å². The molecule has 0 aliphatic heterocycles. The molecular weight excluding hydrogens is 270 g/mol. The molecule has 4 heteroatoms. The molecule has 1 atom stereocenters. The lowest BCUT2D eigenvalue weighted by atomic mass is 9.89. The van der Waals surface area contributed by atoms with Gasteiger partial charge >= 0.3 is 0 Å². The van der Waals surface area contributed by atoms with Crippen molar-refractivity contribution in [3.8, 4) is 0 Å². The summed E-state index contributed by atoms with van der Waals surface area (Å²) in [6.45, 7) is 1.58. The van der Waals surface area contributed by atoms with E-state index >= 15 is 0 Å². The van der Waals surface area contributed by atoms with Crippen LogP contribution in [0.15, 0.2) is 42.5 Å². The van der Waals surface area contributed by atoms with Crippen molar-refractivity contribution >= 4 is 11.6 Å². The van der Waals surface area contributed by atoms with Gasteiger partial charge in [-0.05, 0) is 36.2 Å². The molecule has 2 aromatic rings. The molecule has 100 valence electrons. The highest BCUT2D eigenvalue weighted by molar-refractivity contribution is 6.31. The minimum absolute atomic E-state index is 0.00452. The third-order valence-electron chi connectivity index (χ3n) is 3.03. The number of aliphatic hydroxyl groups is 1. The lowest BCUT2D eigenvalue weighted by molar-refractivity contribution is 0.0575. The van der Waals surface area contributed by atoms with Crippen molar-refractivity contribution in [3.05, 3.63) is 70.2 Å². The predicted octanol–water partition coefficient (Wildman–Crippen LogP) is 4.07. The van der Waals surface area contributed by atoms with E-state index in [2.05, 4.69) is 0 Å². The zero-order valence-electron chi connectivity index (χ0n) is 10.3. The van der Waals surface area contributed by atoms with Gasteiger partial charge in [-0.3, -0.25) is 0 Å². The summed E-state index contributed by atoms with van der Waals surface area (Å²) in [5, 5.41) is 10.4. The average molecular weight is 283 g/mol. The van der Waals surface area contributed by atoms with Gasteiger partial charge in [-0.25, -0.2) is 8.78 Å². The molecule has 0 aromatic heterocycles. The largest absolute Gasteiger partial charge is 0.385 e. The van der Waals surface area contributed by atoms with Crippen LogP contribution in [0.3, 0.4) is 0 Å². The van der Waals surface area contributed by atoms with Crippen LogP contribution in [0.1, 0.15) is 18.1 Å². The third kappa shape index (κ3) is 3.11. The molecule has 1 unspecified atom stereocenters. The topological polar surface area (TPSA) is 20.2 Å². The van der Waals surface area contributed by atoms with Gasteiger partial charge in [0.15, 0.2) is 0 Å². The standard InChI is InChI=1S/C15H13ClF2O/c1-15(19,11-5-7-12(17)8-6-11)9-10-3-2-4-13(18)14(10)16/h2-8,19H,9H2,1H3. The summed E-state index contributed by atoms with van der Waals surface area (Å²) >= 11 is 5.87. The molecule has 0 saturated carbocycles. The van der Waals surface area contributed by atoms with E-state index in [4.69, 9.17) is 11.6 Å². The molecule has 0 aliphatic rings. The highest BCUT2D eigenvalue weighted by atomic mass is 35.5. The molecule has 19 heavy (non-hydrogen) atoms. The van der Waals surface area contributed by atoms with Crippen molar-refractivity contribution in [3.63, 3.8) is 0 Å². The Hall–Kier alpha value is -1.45. The van der Waals surface area contributed by atoms with Crippen LogP contribution in [0.4, 0.5) is 8.78 Å². The molecule has 2 rings (SSSR count). The fraction of sp³-hybridized carbons (Fsp3) is 0.200. The van der Waals surface area contributed by atoms with E-state index in [9.17, 15) is 13.9 Å². The van der Waals surface area contributed by atoms with Gasteiger partial charge in [-0.1, -0.05) is 35.9 Å². The number of halogens is 3. The van der Waals surface area contributed by atoms with Gasteiger partial charge < -0.3 is 5.11 Å². The van der Waals surface area contributed by atoms with Gasteiger partial charge in [0.25, 0.3) is 0 Å². The SMILES string of the molecule is CC(O)(Cc1cccc(F)c1Cl)c1ccc(F)cc1. The number of benzene rings is 2. The van der Waals surface area contributed by atoms with Gasteiger partial charge in [0, 0.05) is 6.42 Å². The van der Waals surface area contributed by atoms with Gasteiger partial charge in [-0.15, -0.1) is 0 Å². The van der Waals surface area contributed by atoms with Crippen LogP contribution in [-0.2, 0) is 12.0 Å². The Bertz CT molecular complexity index is 579. The van der Waals surface area contributed by atoms with Crippen LogP contribution in [0.2, 0.25) is 5.02 Å². The first kappa shape index (κ1) is 14.0. The quantitative estimate of drug-likeness (QED) is 0.900. The van der Waals surface area contributed by atoms with Crippen LogP contribution in [0.25, 0.3) is 0 Å². The molecule has 0 saturated heterocycles. The highest BCUT2D eigenvalue weighted by Gasteiger charge is 2.25. The lowest BCUT2D eigenvalue weighted by Gasteiger charge is -2.24. The Morgan fingerprint density at radius 2 is 1.74 bits per heavy atom. The molecule has 0 fully saturated rings. The molecule has 0 aliphatic carbocycles. The Kier molecular flexibility index (Phi) is 3.88. The zero-order valence-corrected chi connectivity index (χ0v) is 11.1. The van der Waals surface area contributed by atoms with Crippen molar-refractivity contribution in [1.29, 1.82) is 0 Å². The molecule has 0 spiro atoms. The summed E-state index contributed by atoms with van der Waals surface area (Å²) in [4.78, 5) is 0. The van der Waals surface area contributed by atoms with Crippen LogP contribution in [0, 0.1) is 11.6 Å². The first-order chi connectivity index (χ1) is 8.90. The summed E-state index contributed by atoms with van der Waals surface area (Å²) < 4.78 is 26.2. The Balaban J connectivity index is 2.30. The van der Waals surface area contributed by atoms with Crippen LogP contribution >= 0.6 is 11.6 Å². The summed E-state index contributed by atoms with van der Waals surface area (Å²) in [6.07, 6.45) is 0.148. The average Bonchev–Trinajstić information content (AvgIpc) is 2.35. The fourth-order valence-corrected chi connectivity index (χ4v) is 2.16. The van der Waals surface area contributed by atoms with E-state index in [1.54, 1.807) is 13.0 Å². The second-order valence-electron chi connectivity index (χ2n) is 4.67. The molecular formula is C15H13ClF2O. The maximum Gasteiger partial charge on any atom is 0.142 e. The van der Waals surface area contributed by atoms with Gasteiger partial charge in [0.2, 0.25) is 0 Å². The molecule has 1 nitrogen and oxygen atoms in total. The Morgan fingerprint density at radius 1 is 1.11 bits per heavy atom. The van der Waals surface area contributed by atoms with Crippen LogP contribution < -0.4 is 0 Å². The van der Waals surface area contributed by atoms with Crippen LogP contribution in [0.5, 0.6) is 0 Å². The van der Waals surface area contributed by atoms with Gasteiger partial charge in [0.1, 0.15) is 11.6 Å². The maximum absolute atomic E-state index is 13.3. The third-order valence-corrected chi connectivity index (χ3v) is 3.46. The zero-order chi connectivity index (χ0) is 14.0. The summed E-state index contributed by atoms with van der Waals surface area (Å²) in [6, 6.07) is 10.0. The first-order valence-electron chi connectivity index (χ1n) is 5.81. The van der Waals surface area contributed by atoms with Crippen molar-refractivity contribution in [1.82, 2.24) is 0 Å². The minimum Gasteiger partial charge on any atom is -0.385 e. The second-order valence-corrected chi connectivity index (χ2v) is 5.05. The Morgan fingerprint density at radius 3 is 2.37 bits per heavy atom. The number of hydrogen-bond donors (Lipinski definition) is 1.